The molecule has 6 heteroatoms. The van der Waals surface area contributed by atoms with Crippen LogP contribution in [0.2, 0.25) is 0 Å². The van der Waals surface area contributed by atoms with Crippen LogP contribution in [-0.2, 0) is 21.0 Å². The average Bonchev–Trinajstić information content (AvgIpc) is 3.60. The molecule has 1 saturated heterocycles. The van der Waals surface area contributed by atoms with E-state index in [-0.39, 0.29) is 22.5 Å². The fourth-order valence-corrected chi connectivity index (χ4v) is 7.11. The maximum absolute atomic E-state index is 15.5. The predicted molar refractivity (Wildman–Crippen MR) is 190 cm³/mol. The molecule has 2 aliphatic rings. The van der Waals surface area contributed by atoms with Gasteiger partial charge in [-0.3, -0.25) is 9.69 Å². The first-order chi connectivity index (χ1) is 21.8. The number of hydrogen-bond acceptors (Lipinski definition) is 5. The van der Waals surface area contributed by atoms with Gasteiger partial charge in [-0.1, -0.05) is 78.8 Å². The van der Waals surface area contributed by atoms with Gasteiger partial charge >= 0.3 is 0 Å². The van der Waals surface area contributed by atoms with E-state index >= 15 is 4.79 Å². The van der Waals surface area contributed by atoms with Gasteiger partial charge in [0.25, 0.3) is 0 Å². The molecule has 1 unspecified atom stereocenters. The lowest BCUT2D eigenvalue weighted by Crippen LogP contribution is -2.45. The Morgan fingerprint density at radius 2 is 1.46 bits per heavy atom. The third kappa shape index (κ3) is 6.57. The molecule has 0 aromatic heterocycles. The van der Waals surface area contributed by atoms with Crippen molar-refractivity contribution >= 4 is 11.6 Å². The molecule has 1 atom stereocenters. The molecular formula is C40H55N3O3. The van der Waals surface area contributed by atoms with Gasteiger partial charge in [-0.15, -0.1) is 0 Å². The highest BCUT2D eigenvalue weighted by Gasteiger charge is 2.56. The summed E-state index contributed by atoms with van der Waals surface area (Å²) in [5.74, 6) is 0.765. The molecule has 1 fully saturated rings. The molecule has 3 aromatic carbocycles. The van der Waals surface area contributed by atoms with Crippen LogP contribution in [-0.4, -0.2) is 73.7 Å². The monoisotopic (exact) mass is 625 g/mol. The predicted octanol–water partition coefficient (Wildman–Crippen LogP) is 7.48. The first kappa shape index (κ1) is 34.0. The Hall–Kier alpha value is -3.35. The Kier molecular flexibility index (Phi) is 9.91. The maximum atomic E-state index is 15.5. The van der Waals surface area contributed by atoms with E-state index in [9.17, 15) is 5.11 Å². The van der Waals surface area contributed by atoms with Gasteiger partial charge in [-0.05, 0) is 98.2 Å². The second-order valence-corrected chi connectivity index (χ2v) is 15.4. The van der Waals surface area contributed by atoms with Crippen molar-refractivity contribution in [1.82, 2.24) is 9.80 Å². The summed E-state index contributed by atoms with van der Waals surface area (Å²) in [6.07, 6.45) is 3.51. The van der Waals surface area contributed by atoms with Gasteiger partial charge in [-0.25, -0.2) is 0 Å². The van der Waals surface area contributed by atoms with Gasteiger partial charge in [0.15, 0.2) is 0 Å². The minimum Gasteiger partial charge on any atom is -0.508 e. The van der Waals surface area contributed by atoms with E-state index in [1.54, 1.807) is 6.07 Å². The molecule has 0 aliphatic carbocycles. The van der Waals surface area contributed by atoms with Crippen LogP contribution < -0.4 is 9.64 Å². The molecule has 0 spiro atoms. The van der Waals surface area contributed by atoms with Gasteiger partial charge in [0, 0.05) is 42.0 Å². The van der Waals surface area contributed by atoms with Gasteiger partial charge in [0.2, 0.25) is 5.91 Å². The Balaban J connectivity index is 1.77. The van der Waals surface area contributed by atoms with Crippen LogP contribution in [0.5, 0.6) is 11.5 Å². The summed E-state index contributed by atoms with van der Waals surface area (Å²) in [5.41, 5.74) is 3.72. The number of carbonyl (C=O) groups is 1. The minimum atomic E-state index is -1.30. The van der Waals surface area contributed by atoms with Crippen molar-refractivity contribution in [3.8, 4) is 11.5 Å². The number of anilines is 1. The molecule has 2 aliphatic heterocycles. The van der Waals surface area contributed by atoms with E-state index in [1.807, 2.05) is 23.1 Å². The topological polar surface area (TPSA) is 56.3 Å². The number of phenolic OH excluding ortho intramolecular Hbond substituents is 1. The number of para-hydroxylation sites is 1. The Morgan fingerprint density at radius 1 is 0.826 bits per heavy atom. The number of likely N-dealkylation sites (N-methyl/N-ethyl adjacent to an activating group) is 1. The molecule has 3 aromatic rings. The van der Waals surface area contributed by atoms with Crippen molar-refractivity contribution < 1.29 is 14.6 Å². The van der Waals surface area contributed by atoms with Crippen LogP contribution in [0.3, 0.4) is 0 Å². The number of ether oxygens (including phenoxy) is 1. The van der Waals surface area contributed by atoms with Crippen LogP contribution in [0.1, 0.15) is 95.5 Å². The number of likely N-dealkylation sites (tertiary alicyclic amines) is 1. The third-order valence-corrected chi connectivity index (χ3v) is 9.86. The normalized spacial score (nSPS) is 18.9. The van der Waals surface area contributed by atoms with E-state index in [4.69, 9.17) is 4.74 Å². The molecule has 0 radical (unpaired) electrons. The minimum absolute atomic E-state index is 0.0459. The lowest BCUT2D eigenvalue weighted by atomic mass is 9.67. The van der Waals surface area contributed by atoms with Crippen molar-refractivity contribution in [3.05, 3.63) is 88.5 Å². The summed E-state index contributed by atoms with van der Waals surface area (Å²) in [7, 11) is 2.11. The Bertz CT molecular complexity index is 1530. The van der Waals surface area contributed by atoms with E-state index in [0.717, 1.165) is 67.1 Å². The van der Waals surface area contributed by atoms with Crippen molar-refractivity contribution in [3.63, 3.8) is 0 Å². The van der Waals surface area contributed by atoms with Crippen LogP contribution in [0.25, 0.3) is 0 Å². The summed E-state index contributed by atoms with van der Waals surface area (Å²) in [5, 5.41) is 11.8. The molecule has 248 valence electrons. The van der Waals surface area contributed by atoms with Gasteiger partial charge in [-0.2, -0.15) is 0 Å². The highest BCUT2D eigenvalue weighted by molar-refractivity contribution is 6.13. The summed E-state index contributed by atoms with van der Waals surface area (Å²) in [6, 6.07) is 20.3. The van der Waals surface area contributed by atoms with Crippen molar-refractivity contribution in [2.75, 3.05) is 57.8 Å². The fraction of sp³-hybridized carbons (Fsp3) is 0.525. The van der Waals surface area contributed by atoms with E-state index in [0.29, 0.717) is 24.5 Å². The zero-order chi connectivity index (χ0) is 33.3. The standard InChI is InChI=1S/C40H55N3O3/c1-9-20-41(8)23-24-43-34-15-11-10-14-31(34)40(37(43)45,32-27-29(38(2,3)4)16-18-35(32)44)33-28-30(39(5,6)7)17-19-36(33)46-26-25-42-21-12-13-22-42/h10-11,14-19,27-28,44H,9,12-13,20-26H2,1-8H3. The molecule has 0 bridgehead atoms. The quantitative estimate of drug-likeness (QED) is 0.239. The number of nitrogens with zero attached hydrogens (tertiary/aromatic N) is 3. The highest BCUT2D eigenvalue weighted by atomic mass is 16.5. The SMILES string of the molecule is CCCN(C)CCN1C(=O)C(c2cc(C(C)(C)C)ccc2O)(c2cc(C(C)(C)C)ccc2OCCN2CCCC2)c2ccccc21. The number of benzene rings is 3. The summed E-state index contributed by atoms with van der Waals surface area (Å²) in [4.78, 5) is 22.2. The lowest BCUT2D eigenvalue weighted by molar-refractivity contribution is -0.120. The number of amides is 1. The largest absolute Gasteiger partial charge is 0.508 e. The molecular weight excluding hydrogens is 570 g/mol. The van der Waals surface area contributed by atoms with E-state index in [2.05, 4.69) is 102 Å². The number of aromatic hydroxyl groups is 1. The molecule has 5 rings (SSSR count). The Labute approximate surface area is 277 Å². The van der Waals surface area contributed by atoms with Crippen molar-refractivity contribution in [2.45, 2.75) is 84.0 Å². The third-order valence-electron chi connectivity index (χ3n) is 9.86. The zero-order valence-electron chi connectivity index (χ0n) is 29.4. The summed E-state index contributed by atoms with van der Waals surface area (Å²) in [6.45, 7) is 21.1. The number of carbonyl (C=O) groups excluding carboxylic acids is 1. The van der Waals surface area contributed by atoms with Crippen LogP contribution >= 0.6 is 0 Å². The number of phenols is 1. The van der Waals surface area contributed by atoms with E-state index in [1.165, 1.54) is 12.8 Å². The molecule has 1 amide bonds. The number of hydrogen-bond donors (Lipinski definition) is 1. The van der Waals surface area contributed by atoms with Gasteiger partial charge < -0.3 is 19.6 Å². The molecule has 2 heterocycles. The number of fused-ring (bicyclic) bond motifs is 1. The summed E-state index contributed by atoms with van der Waals surface area (Å²) >= 11 is 0. The maximum Gasteiger partial charge on any atom is 0.247 e. The van der Waals surface area contributed by atoms with Crippen LogP contribution in [0.4, 0.5) is 5.69 Å². The molecule has 0 saturated carbocycles. The highest BCUT2D eigenvalue weighted by Crippen LogP contribution is 2.55. The van der Waals surface area contributed by atoms with Crippen molar-refractivity contribution in [2.24, 2.45) is 0 Å². The summed E-state index contributed by atoms with van der Waals surface area (Å²) < 4.78 is 6.69. The average molecular weight is 626 g/mol. The fourth-order valence-electron chi connectivity index (χ4n) is 7.11. The zero-order valence-corrected chi connectivity index (χ0v) is 29.4. The lowest BCUT2D eigenvalue weighted by Gasteiger charge is -2.35. The van der Waals surface area contributed by atoms with Gasteiger partial charge in [0.1, 0.15) is 23.5 Å². The number of rotatable bonds is 11. The second-order valence-electron chi connectivity index (χ2n) is 15.4. The van der Waals surface area contributed by atoms with Crippen molar-refractivity contribution in [1.29, 1.82) is 0 Å². The molecule has 46 heavy (non-hydrogen) atoms. The van der Waals surface area contributed by atoms with E-state index < -0.39 is 5.41 Å². The van der Waals surface area contributed by atoms with Crippen LogP contribution in [0, 0.1) is 0 Å². The first-order valence-electron chi connectivity index (χ1n) is 17.2. The van der Waals surface area contributed by atoms with Gasteiger partial charge in [0.05, 0.1) is 0 Å². The first-order valence-corrected chi connectivity index (χ1v) is 17.2. The second kappa shape index (κ2) is 13.4. The smallest absolute Gasteiger partial charge is 0.247 e. The molecule has 6 nitrogen and oxygen atoms in total. The molecule has 1 N–H and O–H groups in total. The Morgan fingerprint density at radius 3 is 2.11 bits per heavy atom. The van der Waals surface area contributed by atoms with Crippen LogP contribution in [0.15, 0.2) is 60.7 Å².